The normalized spacial score (nSPS) is 15.7. The summed E-state index contributed by atoms with van der Waals surface area (Å²) >= 11 is 0. The molecular formula is C44H46N4O6. The van der Waals surface area contributed by atoms with Gasteiger partial charge >= 0.3 is 0 Å². The van der Waals surface area contributed by atoms with Crippen molar-refractivity contribution >= 4 is 46.4 Å². The van der Waals surface area contributed by atoms with Crippen LogP contribution in [0.25, 0.3) is 11.1 Å². The molecule has 1 saturated heterocycles. The lowest BCUT2D eigenvalue weighted by Gasteiger charge is -2.27. The first-order valence-electron chi connectivity index (χ1n) is 18.7. The minimum atomic E-state index is -1.01. The Morgan fingerprint density at radius 2 is 1.50 bits per heavy atom. The summed E-state index contributed by atoms with van der Waals surface area (Å²) < 4.78 is 6.04. The van der Waals surface area contributed by atoms with Crippen LogP contribution in [-0.2, 0) is 14.4 Å². The molecule has 6 rings (SSSR count). The predicted octanol–water partition coefficient (Wildman–Crippen LogP) is 6.97. The van der Waals surface area contributed by atoms with Gasteiger partial charge in [-0.25, -0.2) is 0 Å². The van der Waals surface area contributed by atoms with Gasteiger partial charge in [-0.2, -0.15) is 0 Å². The predicted molar refractivity (Wildman–Crippen MR) is 209 cm³/mol. The number of carbonyl (C=O) groups is 5. The zero-order valence-electron chi connectivity index (χ0n) is 30.8. The van der Waals surface area contributed by atoms with Gasteiger partial charge in [-0.1, -0.05) is 92.2 Å². The molecule has 0 aromatic heterocycles. The quantitative estimate of drug-likeness (QED) is 0.0726. The topological polar surface area (TPSA) is 125 Å². The van der Waals surface area contributed by atoms with Crippen LogP contribution >= 0.6 is 0 Å². The van der Waals surface area contributed by atoms with E-state index >= 15 is 0 Å². The first-order valence-corrected chi connectivity index (χ1v) is 18.7. The number of amides is 5. The summed E-state index contributed by atoms with van der Waals surface area (Å²) in [6.45, 7) is 3.57. The fraction of sp³-hybridized carbons (Fsp3) is 0.295. The van der Waals surface area contributed by atoms with E-state index in [0.717, 1.165) is 41.0 Å². The Hall–Kier alpha value is -6.03. The van der Waals surface area contributed by atoms with Gasteiger partial charge in [0.1, 0.15) is 18.4 Å². The number of rotatable bonds is 16. The van der Waals surface area contributed by atoms with E-state index in [2.05, 4.69) is 78.2 Å². The Labute approximate surface area is 316 Å². The highest BCUT2D eigenvalue weighted by molar-refractivity contribution is 6.25. The third kappa shape index (κ3) is 8.60. The summed E-state index contributed by atoms with van der Waals surface area (Å²) in [6.07, 6.45) is 3.74. The number of nitrogens with zero attached hydrogens (tertiary/aromatic N) is 2. The number of ether oxygens (including phenoxy) is 1. The molecule has 10 heteroatoms. The van der Waals surface area contributed by atoms with E-state index in [1.54, 1.807) is 30.1 Å². The number of anilines is 1. The van der Waals surface area contributed by atoms with Crippen molar-refractivity contribution < 1.29 is 28.7 Å². The van der Waals surface area contributed by atoms with Crippen LogP contribution < -0.4 is 15.4 Å². The van der Waals surface area contributed by atoms with E-state index < -0.39 is 29.7 Å². The van der Waals surface area contributed by atoms with Gasteiger partial charge in [-0.05, 0) is 77.8 Å². The second kappa shape index (κ2) is 17.7. The average Bonchev–Trinajstić information content (AvgIpc) is 3.45. The summed E-state index contributed by atoms with van der Waals surface area (Å²) in [6, 6.07) is 33.1. The lowest BCUT2D eigenvalue weighted by Crippen LogP contribution is -2.54. The van der Waals surface area contributed by atoms with Crippen LogP contribution in [0, 0.1) is 0 Å². The second-order valence-electron chi connectivity index (χ2n) is 13.5. The average molecular weight is 727 g/mol. The summed E-state index contributed by atoms with van der Waals surface area (Å²) in [5, 5.41) is 5.47. The van der Waals surface area contributed by atoms with Crippen LogP contribution in [0.15, 0.2) is 103 Å². The van der Waals surface area contributed by atoms with Crippen molar-refractivity contribution in [2.75, 3.05) is 32.1 Å². The number of fused-ring (bicyclic) bond motifs is 1. The molecule has 2 heterocycles. The van der Waals surface area contributed by atoms with Gasteiger partial charge in [0.2, 0.25) is 17.7 Å². The van der Waals surface area contributed by atoms with Crippen LogP contribution in [0.2, 0.25) is 0 Å². The molecule has 2 N–H and O–H groups in total. The number of hydrogen-bond acceptors (Lipinski definition) is 7. The van der Waals surface area contributed by atoms with Gasteiger partial charge in [0, 0.05) is 32.1 Å². The molecule has 0 bridgehead atoms. The molecule has 10 nitrogen and oxygen atoms in total. The van der Waals surface area contributed by atoms with Crippen LogP contribution in [0.3, 0.4) is 0 Å². The minimum Gasteiger partial charge on any atom is -0.492 e. The van der Waals surface area contributed by atoms with Crippen molar-refractivity contribution in [3.05, 3.63) is 131 Å². The fourth-order valence-corrected chi connectivity index (χ4v) is 7.08. The van der Waals surface area contributed by atoms with Gasteiger partial charge in [-0.3, -0.25) is 34.2 Å². The van der Waals surface area contributed by atoms with Crippen molar-refractivity contribution in [1.82, 2.24) is 15.1 Å². The summed E-state index contributed by atoms with van der Waals surface area (Å²) in [4.78, 5) is 65.8. The fourth-order valence-electron chi connectivity index (χ4n) is 7.08. The van der Waals surface area contributed by atoms with Crippen LogP contribution in [0.4, 0.5) is 5.69 Å². The van der Waals surface area contributed by atoms with Crippen molar-refractivity contribution in [3.8, 4) is 5.75 Å². The Morgan fingerprint density at radius 3 is 2.19 bits per heavy atom. The monoisotopic (exact) mass is 726 g/mol. The summed E-state index contributed by atoms with van der Waals surface area (Å²) in [5.74, 6) is -1.33. The number of likely N-dealkylation sites (N-methyl/N-ethyl adjacent to an activating group) is 1. The zero-order chi connectivity index (χ0) is 38.0. The van der Waals surface area contributed by atoms with E-state index in [1.165, 1.54) is 16.7 Å². The van der Waals surface area contributed by atoms with Gasteiger partial charge in [-0.15, -0.1) is 0 Å². The molecule has 1 atom stereocenters. The van der Waals surface area contributed by atoms with Crippen molar-refractivity contribution in [2.24, 2.45) is 0 Å². The summed E-state index contributed by atoms with van der Waals surface area (Å²) in [7, 11) is 1.79. The first-order chi connectivity index (χ1) is 26.3. The van der Waals surface area contributed by atoms with Crippen molar-refractivity contribution in [3.63, 3.8) is 0 Å². The Morgan fingerprint density at radius 1 is 0.815 bits per heavy atom. The number of imide groups is 2. The maximum atomic E-state index is 13.3. The Balaban J connectivity index is 0.939. The molecule has 0 spiro atoms. The number of hydrogen-bond donors (Lipinski definition) is 2. The number of carbonyl (C=O) groups excluding carboxylic acids is 5. The number of allylic oxidation sites excluding steroid dienone is 1. The van der Waals surface area contributed by atoms with Crippen molar-refractivity contribution in [2.45, 2.75) is 57.9 Å². The minimum absolute atomic E-state index is 0.0473. The molecule has 2 aliphatic heterocycles. The third-order valence-electron chi connectivity index (χ3n) is 9.96. The molecule has 1 unspecified atom stereocenters. The van der Waals surface area contributed by atoms with E-state index in [4.69, 9.17) is 4.74 Å². The molecule has 0 radical (unpaired) electrons. The van der Waals surface area contributed by atoms with Gasteiger partial charge in [0.05, 0.1) is 17.7 Å². The molecule has 5 amide bonds. The van der Waals surface area contributed by atoms with Gasteiger partial charge in [0.15, 0.2) is 0 Å². The highest BCUT2D eigenvalue weighted by Gasteiger charge is 2.45. The van der Waals surface area contributed by atoms with Crippen molar-refractivity contribution in [1.29, 1.82) is 0 Å². The van der Waals surface area contributed by atoms with Crippen LogP contribution in [-0.4, -0.2) is 72.1 Å². The maximum Gasteiger partial charge on any atom is 0.264 e. The number of piperidine rings is 1. The van der Waals surface area contributed by atoms with E-state index in [1.807, 2.05) is 24.3 Å². The van der Waals surface area contributed by atoms with E-state index in [0.29, 0.717) is 38.2 Å². The molecule has 0 saturated carbocycles. The van der Waals surface area contributed by atoms with Gasteiger partial charge < -0.3 is 15.0 Å². The number of nitrogens with one attached hydrogen (secondary N) is 2. The molecular weight excluding hydrogens is 681 g/mol. The lowest BCUT2D eigenvalue weighted by atomic mass is 9.88. The largest absolute Gasteiger partial charge is 0.492 e. The lowest BCUT2D eigenvalue weighted by molar-refractivity contribution is -0.136. The third-order valence-corrected chi connectivity index (χ3v) is 9.96. The molecule has 54 heavy (non-hydrogen) atoms. The highest BCUT2D eigenvalue weighted by atomic mass is 16.5. The van der Waals surface area contributed by atoms with Gasteiger partial charge in [0.25, 0.3) is 11.8 Å². The highest BCUT2D eigenvalue weighted by Crippen LogP contribution is 2.35. The Kier molecular flexibility index (Phi) is 12.3. The smallest absolute Gasteiger partial charge is 0.264 e. The zero-order valence-corrected chi connectivity index (χ0v) is 30.8. The first kappa shape index (κ1) is 37.7. The summed E-state index contributed by atoms with van der Waals surface area (Å²) in [5.41, 5.74) is 6.97. The standard InChI is InChI=1S/C44H46N4O6/c1-3-34(30-14-7-4-8-15-30)40(31-16-9-5-10-17-31)32-21-23-33(24-22-32)54-29-28-47(2)39(50)20-11-6-12-27-45-36-19-13-18-35-41(36)44(53)48(43(35)52)37-25-26-38(49)46-42(37)51/h4-5,7-10,13-19,21-24,37,45H,3,6,11-12,20,25-29H2,1-2H3,(H,46,49,51). The molecule has 4 aromatic rings. The molecule has 2 aliphatic rings. The van der Waals surface area contributed by atoms with E-state index in [9.17, 15) is 24.0 Å². The Bertz CT molecular complexity index is 2030. The van der Waals surface area contributed by atoms with Crippen LogP contribution in [0.1, 0.15) is 89.3 Å². The molecule has 1 fully saturated rings. The number of unbranched alkanes of at least 4 members (excludes halogenated alkanes) is 2. The molecule has 0 aliphatic carbocycles. The SMILES string of the molecule is CCC(=C(c1ccccc1)c1ccc(OCCN(C)C(=O)CCCCCNc2cccc3c2C(=O)N(C2CCC(=O)NC2=O)C3=O)cc1)c1ccccc1. The molecule has 278 valence electrons. The van der Waals surface area contributed by atoms with E-state index in [-0.39, 0.29) is 29.9 Å². The number of benzene rings is 4. The van der Waals surface area contributed by atoms with Crippen LogP contribution in [0.5, 0.6) is 5.75 Å². The maximum absolute atomic E-state index is 13.3. The second-order valence-corrected chi connectivity index (χ2v) is 13.5. The molecule has 4 aromatic carbocycles.